The van der Waals surface area contributed by atoms with Crippen molar-refractivity contribution in [3.05, 3.63) is 22.3 Å². The number of rotatable bonds is 3. The van der Waals surface area contributed by atoms with Crippen LogP contribution in [-0.2, 0) is 0 Å². The quantitative estimate of drug-likeness (QED) is 0.338. The Balaban J connectivity index is 3.50. The zero-order chi connectivity index (χ0) is 7.28. The molecule has 0 aliphatic heterocycles. The molecule has 0 heterocycles. The van der Waals surface area contributed by atoms with Crippen LogP contribution >= 0.6 is 0 Å². The summed E-state index contributed by atoms with van der Waals surface area (Å²) in [6.45, 7) is 1.29. The average Bonchev–Trinajstić information content (AvgIpc) is 1.63. The van der Waals surface area contributed by atoms with Gasteiger partial charge in [0.2, 0.25) is 6.54 Å². The van der Waals surface area contributed by atoms with Crippen LogP contribution in [-0.4, -0.2) is 22.7 Å². The van der Waals surface area contributed by atoms with Gasteiger partial charge in [-0.3, -0.25) is 10.1 Å². The van der Waals surface area contributed by atoms with Crippen molar-refractivity contribution in [3.8, 4) is 0 Å². The van der Waals surface area contributed by atoms with E-state index in [9.17, 15) is 10.1 Å². The molecule has 0 aromatic rings. The highest BCUT2D eigenvalue weighted by molar-refractivity contribution is 4.84. The fraction of sp³-hybridized carbons (Fsp3) is 0.600. The summed E-state index contributed by atoms with van der Waals surface area (Å²) in [6, 6.07) is 0. The first kappa shape index (κ1) is 8.10. The molecule has 0 rings (SSSR count). The number of nitrogens with zero attached hydrogens (tertiary/aromatic N) is 1. The van der Waals surface area contributed by atoms with Gasteiger partial charge < -0.3 is 5.11 Å². The lowest BCUT2D eigenvalue weighted by atomic mass is 10.3. The van der Waals surface area contributed by atoms with Gasteiger partial charge in [-0.15, -0.1) is 0 Å². The lowest BCUT2D eigenvalue weighted by Gasteiger charge is -1.95. The predicted molar refractivity (Wildman–Crippen MR) is 32.7 cm³/mol. The van der Waals surface area contributed by atoms with E-state index in [1.54, 1.807) is 13.0 Å². The Labute approximate surface area is 53.0 Å². The minimum atomic E-state index is -0.940. The van der Waals surface area contributed by atoms with Crippen molar-refractivity contribution in [2.24, 2.45) is 0 Å². The molecule has 0 aromatic carbocycles. The molecular weight excluding hydrogens is 122 g/mol. The molecule has 4 heteroatoms. The molecule has 0 saturated heterocycles. The highest BCUT2D eigenvalue weighted by Crippen LogP contribution is 1.85. The van der Waals surface area contributed by atoms with Crippen LogP contribution in [0.25, 0.3) is 0 Å². The molecule has 0 aliphatic carbocycles. The van der Waals surface area contributed by atoms with E-state index in [2.05, 4.69) is 0 Å². The standard InChI is InChI=1S/C5H9NO3/c1-2-3-5(7)4-6(8)9/h2-3,5,7H,4H2,1H3/b3-2+/t5-/m0/s1. The van der Waals surface area contributed by atoms with Gasteiger partial charge in [0.15, 0.2) is 0 Å². The van der Waals surface area contributed by atoms with E-state index in [0.29, 0.717) is 0 Å². The zero-order valence-electron chi connectivity index (χ0n) is 5.15. The fourth-order valence-electron chi connectivity index (χ4n) is 0.436. The van der Waals surface area contributed by atoms with Gasteiger partial charge in [0.05, 0.1) is 0 Å². The van der Waals surface area contributed by atoms with Gasteiger partial charge in [-0.25, -0.2) is 0 Å². The Kier molecular flexibility index (Phi) is 3.62. The Hall–Kier alpha value is -0.900. The summed E-state index contributed by atoms with van der Waals surface area (Å²) in [5, 5.41) is 18.4. The van der Waals surface area contributed by atoms with Crippen LogP contribution in [0.4, 0.5) is 0 Å². The van der Waals surface area contributed by atoms with E-state index in [4.69, 9.17) is 5.11 Å². The fourth-order valence-corrected chi connectivity index (χ4v) is 0.436. The van der Waals surface area contributed by atoms with Crippen LogP contribution in [0.3, 0.4) is 0 Å². The van der Waals surface area contributed by atoms with Crippen LogP contribution in [0.2, 0.25) is 0 Å². The third-order valence-electron chi connectivity index (χ3n) is 0.751. The minimum absolute atomic E-state index is 0.412. The second kappa shape index (κ2) is 4.03. The van der Waals surface area contributed by atoms with Crippen molar-refractivity contribution in [1.29, 1.82) is 0 Å². The Morgan fingerprint density at radius 3 is 2.78 bits per heavy atom. The van der Waals surface area contributed by atoms with Crippen molar-refractivity contribution >= 4 is 0 Å². The molecule has 0 radical (unpaired) electrons. The summed E-state index contributed by atoms with van der Waals surface area (Å²) in [4.78, 5) is 9.15. The summed E-state index contributed by atoms with van der Waals surface area (Å²) in [5.41, 5.74) is 0. The lowest BCUT2D eigenvalue weighted by molar-refractivity contribution is -0.487. The molecule has 0 saturated carbocycles. The number of nitro groups is 1. The van der Waals surface area contributed by atoms with E-state index in [1.165, 1.54) is 6.08 Å². The van der Waals surface area contributed by atoms with E-state index in [-0.39, 0.29) is 0 Å². The maximum Gasteiger partial charge on any atom is 0.232 e. The monoisotopic (exact) mass is 131 g/mol. The summed E-state index contributed by atoms with van der Waals surface area (Å²) in [7, 11) is 0. The van der Waals surface area contributed by atoms with E-state index >= 15 is 0 Å². The molecule has 9 heavy (non-hydrogen) atoms. The van der Waals surface area contributed by atoms with Gasteiger partial charge in [0, 0.05) is 4.92 Å². The molecule has 0 spiro atoms. The number of hydrogen-bond acceptors (Lipinski definition) is 3. The topological polar surface area (TPSA) is 63.4 Å². The van der Waals surface area contributed by atoms with Crippen molar-refractivity contribution in [2.75, 3.05) is 6.54 Å². The third-order valence-corrected chi connectivity index (χ3v) is 0.751. The SMILES string of the molecule is C/C=C/[C@H](O)C[N+](=O)[O-]. The molecule has 0 aromatic heterocycles. The molecule has 0 unspecified atom stereocenters. The third kappa shape index (κ3) is 4.96. The molecular formula is C5H9NO3. The molecule has 4 nitrogen and oxygen atoms in total. The van der Waals surface area contributed by atoms with Crippen LogP contribution in [0.15, 0.2) is 12.2 Å². The van der Waals surface area contributed by atoms with Crippen molar-refractivity contribution in [1.82, 2.24) is 0 Å². The maximum atomic E-state index is 9.70. The molecule has 52 valence electrons. The van der Waals surface area contributed by atoms with Gasteiger partial charge >= 0.3 is 0 Å². The van der Waals surface area contributed by atoms with Crippen LogP contribution in [0, 0.1) is 10.1 Å². The normalized spacial score (nSPS) is 14.0. The van der Waals surface area contributed by atoms with Gasteiger partial charge in [-0.1, -0.05) is 12.2 Å². The van der Waals surface area contributed by atoms with E-state index in [1.807, 2.05) is 0 Å². The minimum Gasteiger partial charge on any atom is -0.382 e. The molecule has 0 bridgehead atoms. The molecule has 0 aliphatic rings. The second-order valence-corrected chi connectivity index (χ2v) is 1.61. The first-order valence-corrected chi connectivity index (χ1v) is 2.59. The van der Waals surface area contributed by atoms with Crippen molar-refractivity contribution in [3.63, 3.8) is 0 Å². The Morgan fingerprint density at radius 2 is 2.44 bits per heavy atom. The number of allylic oxidation sites excluding steroid dienone is 1. The number of aliphatic hydroxyl groups is 1. The van der Waals surface area contributed by atoms with Crippen molar-refractivity contribution in [2.45, 2.75) is 13.0 Å². The van der Waals surface area contributed by atoms with Crippen LogP contribution < -0.4 is 0 Å². The average molecular weight is 131 g/mol. The number of hydrogen-bond donors (Lipinski definition) is 1. The number of aliphatic hydroxyl groups excluding tert-OH is 1. The first-order valence-electron chi connectivity index (χ1n) is 2.59. The van der Waals surface area contributed by atoms with Crippen LogP contribution in [0.5, 0.6) is 0 Å². The van der Waals surface area contributed by atoms with Gasteiger partial charge in [0.1, 0.15) is 6.10 Å². The van der Waals surface area contributed by atoms with E-state index < -0.39 is 17.6 Å². The summed E-state index contributed by atoms with van der Waals surface area (Å²) >= 11 is 0. The van der Waals surface area contributed by atoms with Gasteiger partial charge in [-0.2, -0.15) is 0 Å². The smallest absolute Gasteiger partial charge is 0.232 e. The predicted octanol–water partition coefficient (Wildman–Crippen LogP) is 0.200. The largest absolute Gasteiger partial charge is 0.382 e. The first-order chi connectivity index (χ1) is 4.16. The van der Waals surface area contributed by atoms with Crippen molar-refractivity contribution < 1.29 is 10.0 Å². The summed E-state index contributed by atoms with van der Waals surface area (Å²) in [5.74, 6) is 0. The summed E-state index contributed by atoms with van der Waals surface area (Å²) < 4.78 is 0. The van der Waals surface area contributed by atoms with Gasteiger partial charge in [0.25, 0.3) is 0 Å². The lowest BCUT2D eigenvalue weighted by Crippen LogP contribution is -2.16. The maximum absolute atomic E-state index is 9.70. The Morgan fingerprint density at radius 1 is 1.89 bits per heavy atom. The summed E-state index contributed by atoms with van der Waals surface area (Å²) in [6.07, 6.45) is 2.02. The second-order valence-electron chi connectivity index (χ2n) is 1.61. The highest BCUT2D eigenvalue weighted by atomic mass is 16.6. The Bertz CT molecular complexity index is 121. The molecule has 1 N–H and O–H groups in total. The molecule has 0 amide bonds. The highest BCUT2D eigenvalue weighted by Gasteiger charge is 2.04. The van der Waals surface area contributed by atoms with E-state index in [0.717, 1.165) is 0 Å². The zero-order valence-corrected chi connectivity index (χ0v) is 5.15. The van der Waals surface area contributed by atoms with Crippen LogP contribution in [0.1, 0.15) is 6.92 Å². The molecule has 0 fully saturated rings. The van der Waals surface area contributed by atoms with Gasteiger partial charge in [-0.05, 0) is 6.92 Å². The molecule has 1 atom stereocenters.